The number of nitrogens with zero attached hydrogens (tertiary/aromatic N) is 1. The van der Waals surface area contributed by atoms with Crippen molar-refractivity contribution in [1.82, 2.24) is 15.2 Å². The molecule has 2 aromatic carbocycles. The summed E-state index contributed by atoms with van der Waals surface area (Å²) in [6.45, 7) is 0.402. The molecule has 0 aliphatic heterocycles. The van der Waals surface area contributed by atoms with Crippen LogP contribution >= 0.6 is 11.6 Å². The van der Waals surface area contributed by atoms with Crippen molar-refractivity contribution >= 4 is 28.4 Å². The first-order chi connectivity index (χ1) is 12.0. The molecule has 2 N–H and O–H groups in total. The van der Waals surface area contributed by atoms with E-state index in [4.69, 9.17) is 11.6 Å². The van der Waals surface area contributed by atoms with Crippen molar-refractivity contribution in [2.45, 2.75) is 6.04 Å². The van der Waals surface area contributed by atoms with E-state index in [1.165, 1.54) is 12.1 Å². The maximum absolute atomic E-state index is 13.3. The average molecular weight is 360 g/mol. The number of carbonyl (C=O) groups excluding carboxylic acids is 1. The minimum Gasteiger partial charge on any atom is -0.351 e. The lowest BCUT2D eigenvalue weighted by Crippen LogP contribution is -2.34. The molecule has 130 valence electrons. The van der Waals surface area contributed by atoms with Crippen LogP contribution in [-0.4, -0.2) is 36.4 Å². The fourth-order valence-corrected chi connectivity index (χ4v) is 3.09. The summed E-state index contributed by atoms with van der Waals surface area (Å²) < 4.78 is 13.3. The number of nitrogens with one attached hydrogen (secondary N) is 2. The molecule has 0 unspecified atom stereocenters. The van der Waals surface area contributed by atoms with E-state index in [-0.39, 0.29) is 17.8 Å². The minimum absolute atomic E-state index is 0.0560. The third-order valence-corrected chi connectivity index (χ3v) is 4.52. The molecule has 1 amide bonds. The zero-order valence-corrected chi connectivity index (χ0v) is 14.8. The van der Waals surface area contributed by atoms with Crippen LogP contribution in [0.4, 0.5) is 4.39 Å². The van der Waals surface area contributed by atoms with Crippen LogP contribution < -0.4 is 5.32 Å². The van der Waals surface area contributed by atoms with E-state index in [0.717, 1.165) is 11.1 Å². The van der Waals surface area contributed by atoms with Gasteiger partial charge in [-0.05, 0) is 50.0 Å². The number of likely N-dealkylation sites (N-methyl/N-ethyl adjacent to an activating group) is 1. The Labute approximate surface area is 150 Å². The largest absolute Gasteiger partial charge is 0.351 e. The quantitative estimate of drug-likeness (QED) is 0.723. The van der Waals surface area contributed by atoms with Crippen molar-refractivity contribution in [3.63, 3.8) is 0 Å². The van der Waals surface area contributed by atoms with Crippen molar-refractivity contribution < 1.29 is 9.18 Å². The summed E-state index contributed by atoms with van der Waals surface area (Å²) in [5.41, 5.74) is 2.08. The molecule has 1 heterocycles. The Morgan fingerprint density at radius 3 is 2.72 bits per heavy atom. The zero-order chi connectivity index (χ0) is 18.0. The Hall–Kier alpha value is -2.37. The molecular formula is C19H19ClFN3O. The topological polar surface area (TPSA) is 48.1 Å². The van der Waals surface area contributed by atoms with Crippen LogP contribution in [0.25, 0.3) is 10.9 Å². The first-order valence-corrected chi connectivity index (χ1v) is 8.31. The summed E-state index contributed by atoms with van der Waals surface area (Å²) in [6.07, 6.45) is 0. The smallest absolute Gasteiger partial charge is 0.267 e. The maximum atomic E-state index is 13.3. The van der Waals surface area contributed by atoms with Crippen LogP contribution in [0.1, 0.15) is 22.1 Å². The third kappa shape index (κ3) is 3.83. The van der Waals surface area contributed by atoms with Gasteiger partial charge in [0.1, 0.15) is 11.5 Å². The van der Waals surface area contributed by atoms with Gasteiger partial charge >= 0.3 is 0 Å². The van der Waals surface area contributed by atoms with Crippen LogP contribution in [0, 0.1) is 5.82 Å². The van der Waals surface area contributed by atoms with Gasteiger partial charge in [0.15, 0.2) is 0 Å². The highest BCUT2D eigenvalue weighted by atomic mass is 35.5. The Morgan fingerprint density at radius 2 is 2.00 bits per heavy atom. The first-order valence-electron chi connectivity index (χ1n) is 7.93. The molecule has 0 aliphatic rings. The molecule has 0 saturated carbocycles. The van der Waals surface area contributed by atoms with Gasteiger partial charge in [0.2, 0.25) is 0 Å². The summed E-state index contributed by atoms with van der Waals surface area (Å²) in [6, 6.07) is 13.6. The zero-order valence-electron chi connectivity index (χ0n) is 14.0. The van der Waals surface area contributed by atoms with Gasteiger partial charge in [0.25, 0.3) is 5.91 Å². The van der Waals surface area contributed by atoms with E-state index in [2.05, 4.69) is 10.3 Å². The molecule has 4 nitrogen and oxygen atoms in total. The Bertz CT molecular complexity index is 907. The third-order valence-electron chi connectivity index (χ3n) is 4.17. The number of aromatic nitrogens is 1. The van der Waals surface area contributed by atoms with E-state index in [0.29, 0.717) is 22.6 Å². The first kappa shape index (κ1) is 17.5. The number of H-pyrrole nitrogens is 1. The van der Waals surface area contributed by atoms with Gasteiger partial charge in [0, 0.05) is 22.5 Å². The average Bonchev–Trinajstić information content (AvgIpc) is 2.99. The van der Waals surface area contributed by atoms with Gasteiger partial charge in [0.05, 0.1) is 6.04 Å². The van der Waals surface area contributed by atoms with Crippen LogP contribution in [0.2, 0.25) is 5.02 Å². The molecule has 3 rings (SSSR count). The van der Waals surface area contributed by atoms with Crippen molar-refractivity contribution in [2.75, 3.05) is 20.6 Å². The molecule has 0 aliphatic carbocycles. The Kier molecular flexibility index (Phi) is 5.06. The lowest BCUT2D eigenvalue weighted by Gasteiger charge is -2.25. The van der Waals surface area contributed by atoms with Crippen LogP contribution in [0.3, 0.4) is 0 Å². The molecule has 0 fully saturated rings. The monoisotopic (exact) mass is 359 g/mol. The van der Waals surface area contributed by atoms with E-state index < -0.39 is 0 Å². The van der Waals surface area contributed by atoms with Gasteiger partial charge in [-0.15, -0.1) is 0 Å². The second kappa shape index (κ2) is 7.25. The number of rotatable bonds is 5. The van der Waals surface area contributed by atoms with Gasteiger partial charge < -0.3 is 15.2 Å². The van der Waals surface area contributed by atoms with Crippen LogP contribution in [0.15, 0.2) is 48.5 Å². The second-order valence-electron chi connectivity index (χ2n) is 6.13. The summed E-state index contributed by atoms with van der Waals surface area (Å²) >= 11 is 6.28. The number of carbonyl (C=O) groups is 1. The number of fused-ring (bicyclic) bond motifs is 1. The highest BCUT2D eigenvalue weighted by Gasteiger charge is 2.19. The van der Waals surface area contributed by atoms with Gasteiger partial charge in [-0.3, -0.25) is 4.79 Å². The summed E-state index contributed by atoms with van der Waals surface area (Å²) in [7, 11) is 3.87. The second-order valence-corrected chi connectivity index (χ2v) is 6.53. The Balaban J connectivity index is 1.76. The molecule has 0 radical (unpaired) electrons. The van der Waals surface area contributed by atoms with Crippen LogP contribution in [0.5, 0.6) is 0 Å². The normalized spacial score (nSPS) is 12.5. The molecular weight excluding hydrogens is 341 g/mol. The van der Waals surface area contributed by atoms with E-state index in [1.54, 1.807) is 12.1 Å². The molecule has 0 bridgehead atoms. The van der Waals surface area contributed by atoms with E-state index >= 15 is 0 Å². The lowest BCUT2D eigenvalue weighted by molar-refractivity contribution is 0.0937. The predicted octanol–water partition coefficient (Wildman–Crippen LogP) is 3.99. The van der Waals surface area contributed by atoms with Gasteiger partial charge in [-0.25, -0.2) is 4.39 Å². The summed E-state index contributed by atoms with van der Waals surface area (Å²) in [5, 5.41) is 4.25. The number of aromatic amines is 1. The number of hydrogen-bond acceptors (Lipinski definition) is 2. The number of hydrogen-bond donors (Lipinski definition) is 2. The van der Waals surface area contributed by atoms with Crippen molar-refractivity contribution in [3.8, 4) is 0 Å². The molecule has 1 atom stereocenters. The predicted molar refractivity (Wildman–Crippen MR) is 98.5 cm³/mol. The van der Waals surface area contributed by atoms with Crippen molar-refractivity contribution in [3.05, 3.63) is 70.6 Å². The van der Waals surface area contributed by atoms with Crippen molar-refractivity contribution in [1.29, 1.82) is 0 Å². The summed E-state index contributed by atoms with van der Waals surface area (Å²) in [5.74, 6) is -0.569. The fourth-order valence-electron chi connectivity index (χ4n) is 2.83. The standard InChI is InChI=1S/C19H19ClFN3O/c1-24(2)18(14-5-3-4-6-15(14)20)11-22-19(25)17-10-12-9-13(21)7-8-16(12)23-17/h3-10,18,23H,11H2,1-2H3,(H,22,25)/t18-/m1/s1. The molecule has 1 aromatic heterocycles. The lowest BCUT2D eigenvalue weighted by atomic mass is 10.1. The minimum atomic E-state index is -0.329. The summed E-state index contributed by atoms with van der Waals surface area (Å²) in [4.78, 5) is 17.5. The highest BCUT2D eigenvalue weighted by molar-refractivity contribution is 6.31. The number of benzene rings is 2. The molecule has 0 saturated heterocycles. The van der Waals surface area contributed by atoms with Gasteiger partial charge in [-0.2, -0.15) is 0 Å². The molecule has 6 heteroatoms. The maximum Gasteiger partial charge on any atom is 0.267 e. The number of halogens is 2. The van der Waals surface area contributed by atoms with E-state index in [1.807, 2.05) is 43.3 Å². The highest BCUT2D eigenvalue weighted by Crippen LogP contribution is 2.25. The molecule has 3 aromatic rings. The molecule has 25 heavy (non-hydrogen) atoms. The fraction of sp³-hybridized carbons (Fsp3) is 0.211. The SMILES string of the molecule is CN(C)[C@H](CNC(=O)c1cc2cc(F)ccc2[nH]1)c1ccccc1Cl. The molecule has 0 spiro atoms. The van der Waals surface area contributed by atoms with E-state index in [9.17, 15) is 9.18 Å². The number of amides is 1. The van der Waals surface area contributed by atoms with Crippen molar-refractivity contribution in [2.24, 2.45) is 0 Å². The Morgan fingerprint density at radius 1 is 1.24 bits per heavy atom. The van der Waals surface area contributed by atoms with Gasteiger partial charge in [-0.1, -0.05) is 29.8 Å². The van der Waals surface area contributed by atoms with Crippen LogP contribution in [-0.2, 0) is 0 Å².